The smallest absolute Gasteiger partial charge is 0.336 e. The van der Waals surface area contributed by atoms with E-state index < -0.39 is 5.97 Å². The highest BCUT2D eigenvalue weighted by Crippen LogP contribution is 2.30. The van der Waals surface area contributed by atoms with Gasteiger partial charge in [-0.2, -0.15) is 0 Å². The molecule has 1 aromatic heterocycles. The third kappa shape index (κ3) is 2.85. The minimum absolute atomic E-state index is 0.179. The fourth-order valence-electron chi connectivity index (χ4n) is 2.56. The number of ether oxygens (including phenoxy) is 1. The van der Waals surface area contributed by atoms with Gasteiger partial charge in [-0.25, -0.2) is 9.78 Å². The average molecular weight is 328 g/mol. The number of carboxylic acids is 1. The number of rotatable bonds is 3. The van der Waals surface area contributed by atoms with Crippen LogP contribution in [-0.4, -0.2) is 23.2 Å². The average Bonchev–Trinajstić information content (AvgIpc) is 2.54. The van der Waals surface area contributed by atoms with Crippen molar-refractivity contribution in [3.63, 3.8) is 0 Å². The number of methoxy groups -OCH3 is 1. The maximum atomic E-state index is 11.6. The van der Waals surface area contributed by atoms with Crippen molar-refractivity contribution in [1.29, 1.82) is 0 Å². The second-order valence-electron chi connectivity index (χ2n) is 5.21. The lowest BCUT2D eigenvalue weighted by molar-refractivity contribution is 0.0699. The summed E-state index contributed by atoms with van der Waals surface area (Å²) in [6.07, 6.45) is 0. The van der Waals surface area contributed by atoms with Crippen molar-refractivity contribution in [2.45, 2.75) is 6.92 Å². The number of benzene rings is 2. The first kappa shape index (κ1) is 15.3. The first-order valence-electron chi connectivity index (χ1n) is 6.98. The zero-order valence-corrected chi connectivity index (χ0v) is 13.4. The molecule has 2 aromatic carbocycles. The van der Waals surface area contributed by atoms with E-state index in [1.165, 1.54) is 0 Å². The molecular formula is C18H14ClNO3. The molecule has 0 atom stereocenters. The first-order valence-corrected chi connectivity index (χ1v) is 7.36. The Morgan fingerprint density at radius 3 is 2.70 bits per heavy atom. The van der Waals surface area contributed by atoms with Crippen LogP contribution in [0.25, 0.3) is 22.2 Å². The van der Waals surface area contributed by atoms with Gasteiger partial charge >= 0.3 is 5.97 Å². The summed E-state index contributed by atoms with van der Waals surface area (Å²) in [6, 6.07) is 12.3. The van der Waals surface area contributed by atoms with Crippen molar-refractivity contribution >= 4 is 28.5 Å². The number of halogens is 1. The summed E-state index contributed by atoms with van der Waals surface area (Å²) in [7, 11) is 1.59. The van der Waals surface area contributed by atoms with Crippen LogP contribution in [0.3, 0.4) is 0 Å². The number of hydrogen-bond donors (Lipinski definition) is 1. The Morgan fingerprint density at radius 2 is 2.00 bits per heavy atom. The summed E-state index contributed by atoms with van der Waals surface area (Å²) < 4.78 is 5.22. The van der Waals surface area contributed by atoms with Crippen LogP contribution in [0.1, 0.15) is 15.9 Å². The summed E-state index contributed by atoms with van der Waals surface area (Å²) in [5.41, 5.74) is 3.02. The molecule has 0 aliphatic heterocycles. The highest BCUT2D eigenvalue weighted by molar-refractivity contribution is 6.31. The fraction of sp³-hybridized carbons (Fsp3) is 0.111. The normalized spacial score (nSPS) is 10.7. The topological polar surface area (TPSA) is 59.4 Å². The van der Waals surface area contributed by atoms with Gasteiger partial charge in [0.15, 0.2) is 0 Å². The Labute approximate surface area is 138 Å². The molecule has 3 rings (SSSR count). The summed E-state index contributed by atoms with van der Waals surface area (Å²) in [6.45, 7) is 1.86. The Kier molecular flexibility index (Phi) is 3.92. The molecular weight excluding hydrogens is 314 g/mol. The number of nitrogens with zero attached hydrogens (tertiary/aromatic N) is 1. The molecule has 0 saturated carbocycles. The number of carbonyl (C=O) groups is 1. The van der Waals surface area contributed by atoms with Crippen LogP contribution in [0.2, 0.25) is 5.02 Å². The highest BCUT2D eigenvalue weighted by Gasteiger charge is 2.15. The summed E-state index contributed by atoms with van der Waals surface area (Å²) in [5.74, 6) is -0.322. The lowest BCUT2D eigenvalue weighted by atomic mass is 10.0. The minimum Gasteiger partial charge on any atom is -0.497 e. The van der Waals surface area contributed by atoms with Crippen molar-refractivity contribution in [3.05, 3.63) is 58.6 Å². The number of aryl methyl sites for hydroxylation is 1. The Morgan fingerprint density at radius 1 is 1.22 bits per heavy atom. The SMILES string of the molecule is COc1cccc(-c2cc(C(=O)O)c3cc(Cl)cc(C)c3n2)c1. The van der Waals surface area contributed by atoms with Crippen LogP contribution in [-0.2, 0) is 0 Å². The van der Waals surface area contributed by atoms with E-state index in [1.807, 2.05) is 31.2 Å². The predicted octanol–water partition coefficient (Wildman–Crippen LogP) is 4.57. The van der Waals surface area contributed by atoms with Gasteiger partial charge in [0.25, 0.3) is 0 Å². The molecule has 23 heavy (non-hydrogen) atoms. The van der Waals surface area contributed by atoms with Gasteiger partial charge in [0, 0.05) is 16.0 Å². The third-order valence-electron chi connectivity index (χ3n) is 3.66. The molecule has 0 bridgehead atoms. The van der Waals surface area contributed by atoms with Crippen molar-refractivity contribution in [3.8, 4) is 17.0 Å². The standard InChI is InChI=1S/C18H14ClNO3/c1-10-6-12(19)8-14-15(18(21)22)9-16(20-17(10)14)11-4-3-5-13(7-11)23-2/h3-9H,1-2H3,(H,21,22). The molecule has 0 radical (unpaired) electrons. The third-order valence-corrected chi connectivity index (χ3v) is 3.88. The van der Waals surface area contributed by atoms with E-state index >= 15 is 0 Å². The number of aromatic nitrogens is 1. The number of fused-ring (bicyclic) bond motifs is 1. The van der Waals surface area contributed by atoms with Crippen molar-refractivity contribution in [2.75, 3.05) is 7.11 Å². The van der Waals surface area contributed by atoms with Gasteiger partial charge in [0.1, 0.15) is 5.75 Å². The zero-order valence-electron chi connectivity index (χ0n) is 12.6. The number of hydrogen-bond acceptors (Lipinski definition) is 3. The lowest BCUT2D eigenvalue weighted by Crippen LogP contribution is -2.01. The van der Waals surface area contributed by atoms with E-state index in [0.717, 1.165) is 11.1 Å². The van der Waals surface area contributed by atoms with Gasteiger partial charge in [0.2, 0.25) is 0 Å². The predicted molar refractivity (Wildman–Crippen MR) is 90.4 cm³/mol. The monoisotopic (exact) mass is 327 g/mol. The molecule has 0 saturated heterocycles. The van der Waals surface area contributed by atoms with Crippen molar-refractivity contribution < 1.29 is 14.6 Å². The molecule has 0 unspecified atom stereocenters. The molecule has 3 aromatic rings. The molecule has 4 nitrogen and oxygen atoms in total. The van der Waals surface area contributed by atoms with Crippen LogP contribution in [0.15, 0.2) is 42.5 Å². The van der Waals surface area contributed by atoms with Gasteiger partial charge in [-0.1, -0.05) is 23.7 Å². The lowest BCUT2D eigenvalue weighted by Gasteiger charge is -2.10. The summed E-state index contributed by atoms with van der Waals surface area (Å²) in [5, 5.41) is 10.6. The van der Waals surface area contributed by atoms with E-state index in [-0.39, 0.29) is 5.56 Å². The molecule has 5 heteroatoms. The van der Waals surface area contributed by atoms with Gasteiger partial charge in [-0.05, 0) is 42.8 Å². The van der Waals surface area contributed by atoms with Gasteiger partial charge in [0.05, 0.1) is 23.9 Å². The van der Waals surface area contributed by atoms with Crippen molar-refractivity contribution in [2.24, 2.45) is 0 Å². The van der Waals surface area contributed by atoms with E-state index in [9.17, 15) is 9.90 Å². The van der Waals surface area contributed by atoms with E-state index in [4.69, 9.17) is 16.3 Å². The number of aromatic carboxylic acids is 1. The summed E-state index contributed by atoms with van der Waals surface area (Å²) >= 11 is 6.06. The Balaban J connectivity index is 2.32. The fourth-order valence-corrected chi connectivity index (χ4v) is 2.84. The van der Waals surface area contributed by atoms with Crippen LogP contribution in [0.4, 0.5) is 0 Å². The van der Waals surface area contributed by atoms with Gasteiger partial charge < -0.3 is 9.84 Å². The molecule has 116 valence electrons. The van der Waals surface area contributed by atoms with E-state index in [0.29, 0.717) is 27.4 Å². The number of pyridine rings is 1. The van der Waals surface area contributed by atoms with Crippen molar-refractivity contribution in [1.82, 2.24) is 4.98 Å². The second-order valence-corrected chi connectivity index (χ2v) is 5.65. The first-order chi connectivity index (χ1) is 11.0. The van der Waals surface area contributed by atoms with E-state index in [2.05, 4.69) is 4.98 Å². The molecule has 0 fully saturated rings. The van der Waals surface area contributed by atoms with Crippen LogP contribution >= 0.6 is 11.6 Å². The van der Waals surface area contributed by atoms with Gasteiger partial charge in [-0.15, -0.1) is 0 Å². The molecule has 0 aliphatic rings. The van der Waals surface area contributed by atoms with Gasteiger partial charge in [-0.3, -0.25) is 0 Å². The quantitative estimate of drug-likeness (QED) is 0.765. The zero-order chi connectivity index (χ0) is 16.6. The van der Waals surface area contributed by atoms with Crippen LogP contribution in [0.5, 0.6) is 5.75 Å². The Bertz CT molecular complexity index is 922. The van der Waals surface area contributed by atoms with Crippen LogP contribution in [0, 0.1) is 6.92 Å². The largest absolute Gasteiger partial charge is 0.497 e. The van der Waals surface area contributed by atoms with E-state index in [1.54, 1.807) is 25.3 Å². The maximum absolute atomic E-state index is 11.6. The minimum atomic E-state index is -1.01. The maximum Gasteiger partial charge on any atom is 0.336 e. The second kappa shape index (κ2) is 5.89. The molecule has 0 aliphatic carbocycles. The summed E-state index contributed by atoms with van der Waals surface area (Å²) in [4.78, 5) is 16.3. The molecule has 0 spiro atoms. The Hall–Kier alpha value is -2.59. The highest BCUT2D eigenvalue weighted by atomic mass is 35.5. The molecule has 0 amide bonds. The molecule has 1 heterocycles. The number of carboxylic acid groups (broad SMARTS) is 1. The molecule has 1 N–H and O–H groups in total. The van der Waals surface area contributed by atoms with Crippen LogP contribution < -0.4 is 4.74 Å².